The van der Waals surface area contributed by atoms with Gasteiger partial charge in [-0.2, -0.15) is 0 Å². The van der Waals surface area contributed by atoms with E-state index in [1.807, 2.05) is 30.5 Å². The molecule has 6 rings (SSSR count). The zero-order valence-corrected chi connectivity index (χ0v) is 18.8. The molecule has 0 saturated carbocycles. The van der Waals surface area contributed by atoms with Crippen molar-refractivity contribution in [3.63, 3.8) is 0 Å². The van der Waals surface area contributed by atoms with E-state index in [0.717, 1.165) is 28.2 Å². The first-order chi connectivity index (χ1) is 16.1. The van der Waals surface area contributed by atoms with E-state index in [4.69, 9.17) is 4.98 Å². The molecular formula is C31H24N2. The largest absolute Gasteiger partial charge is 0.255 e. The van der Waals surface area contributed by atoms with Crippen LogP contribution in [0.1, 0.15) is 25.0 Å². The quantitative estimate of drug-likeness (QED) is 0.295. The maximum Gasteiger partial charge on any atom is 0.0899 e. The first kappa shape index (κ1) is 19.6. The van der Waals surface area contributed by atoms with E-state index in [2.05, 4.69) is 97.7 Å². The molecule has 5 aromatic rings. The molecule has 0 radical (unpaired) electrons. The first-order valence-corrected chi connectivity index (χ1v) is 11.3. The average Bonchev–Trinajstić information content (AvgIpc) is 3.11. The lowest BCUT2D eigenvalue weighted by Gasteiger charge is -2.22. The lowest BCUT2D eigenvalue weighted by molar-refractivity contribution is 0.660. The van der Waals surface area contributed by atoms with Gasteiger partial charge in [-0.3, -0.25) is 4.98 Å². The molecule has 2 heteroatoms. The molecule has 0 spiro atoms. The molecule has 1 aliphatic rings. The van der Waals surface area contributed by atoms with Crippen LogP contribution in [0.2, 0.25) is 0 Å². The van der Waals surface area contributed by atoms with E-state index in [9.17, 15) is 0 Å². The van der Waals surface area contributed by atoms with Crippen LogP contribution < -0.4 is 0 Å². The van der Waals surface area contributed by atoms with Gasteiger partial charge in [0.05, 0.1) is 17.1 Å². The van der Waals surface area contributed by atoms with Crippen molar-refractivity contribution in [2.24, 2.45) is 0 Å². The third-order valence-corrected chi connectivity index (χ3v) is 6.74. The highest BCUT2D eigenvalue weighted by molar-refractivity contribution is 5.84. The molecule has 0 atom stereocenters. The molecule has 0 bridgehead atoms. The minimum absolute atomic E-state index is 0.0267. The summed E-state index contributed by atoms with van der Waals surface area (Å²) in [5.74, 6) is 0. The predicted molar refractivity (Wildman–Crippen MR) is 136 cm³/mol. The van der Waals surface area contributed by atoms with Crippen molar-refractivity contribution in [1.29, 1.82) is 0 Å². The third-order valence-electron chi connectivity index (χ3n) is 6.74. The molecule has 2 heterocycles. The monoisotopic (exact) mass is 424 g/mol. The van der Waals surface area contributed by atoms with Gasteiger partial charge in [-0.05, 0) is 63.7 Å². The first-order valence-electron chi connectivity index (χ1n) is 11.3. The normalized spacial score (nSPS) is 13.4. The summed E-state index contributed by atoms with van der Waals surface area (Å²) in [6, 6.07) is 36.3. The topological polar surface area (TPSA) is 25.8 Å². The van der Waals surface area contributed by atoms with Gasteiger partial charge in [0.25, 0.3) is 0 Å². The SMILES string of the molecule is CC1(C)c2ccccc2-c2ccc(-c3cc(-c4ccccc4)nc(-c4ccccn4)c3)cc21. The highest BCUT2D eigenvalue weighted by Crippen LogP contribution is 2.49. The molecule has 2 nitrogen and oxygen atoms in total. The van der Waals surface area contributed by atoms with Crippen molar-refractivity contribution >= 4 is 0 Å². The molecule has 158 valence electrons. The summed E-state index contributed by atoms with van der Waals surface area (Å²) in [4.78, 5) is 9.53. The molecule has 0 unspecified atom stereocenters. The Kier molecular flexibility index (Phi) is 4.48. The summed E-state index contributed by atoms with van der Waals surface area (Å²) in [6.45, 7) is 4.64. The minimum atomic E-state index is -0.0267. The van der Waals surface area contributed by atoms with E-state index >= 15 is 0 Å². The zero-order valence-electron chi connectivity index (χ0n) is 18.8. The number of nitrogens with zero attached hydrogens (tertiary/aromatic N) is 2. The standard InChI is InChI=1S/C31H24N2/c1-31(2)26-13-7-6-12-24(26)25-16-15-22(18-27(25)31)23-19-29(21-10-4-3-5-11-21)33-30(20-23)28-14-8-9-17-32-28/h3-20H,1-2H3. The van der Waals surface area contributed by atoms with Gasteiger partial charge in [0.15, 0.2) is 0 Å². The number of pyridine rings is 2. The third kappa shape index (κ3) is 3.27. The van der Waals surface area contributed by atoms with Gasteiger partial charge in [-0.1, -0.05) is 86.6 Å². The van der Waals surface area contributed by atoms with E-state index in [1.54, 1.807) is 0 Å². The Morgan fingerprint density at radius 3 is 2.06 bits per heavy atom. The molecule has 0 amide bonds. The molecule has 0 aliphatic heterocycles. The molecule has 0 saturated heterocycles. The molecule has 33 heavy (non-hydrogen) atoms. The Morgan fingerprint density at radius 2 is 1.24 bits per heavy atom. The van der Waals surface area contributed by atoms with Gasteiger partial charge in [0, 0.05) is 17.2 Å². The number of rotatable bonds is 3. The van der Waals surface area contributed by atoms with Crippen molar-refractivity contribution in [1.82, 2.24) is 9.97 Å². The van der Waals surface area contributed by atoms with E-state index in [-0.39, 0.29) is 5.41 Å². The Morgan fingerprint density at radius 1 is 0.515 bits per heavy atom. The fourth-order valence-corrected chi connectivity index (χ4v) is 4.98. The fourth-order valence-electron chi connectivity index (χ4n) is 4.98. The number of aromatic nitrogens is 2. The number of hydrogen-bond donors (Lipinski definition) is 0. The summed E-state index contributed by atoms with van der Waals surface area (Å²) in [6.07, 6.45) is 1.82. The maximum atomic E-state index is 4.97. The van der Waals surface area contributed by atoms with Crippen molar-refractivity contribution in [3.8, 4) is 44.9 Å². The van der Waals surface area contributed by atoms with Crippen LogP contribution in [0.4, 0.5) is 0 Å². The van der Waals surface area contributed by atoms with Gasteiger partial charge < -0.3 is 0 Å². The zero-order chi connectivity index (χ0) is 22.4. The average molecular weight is 425 g/mol. The van der Waals surface area contributed by atoms with Crippen molar-refractivity contribution in [3.05, 3.63) is 120 Å². The summed E-state index contributed by atoms with van der Waals surface area (Å²) >= 11 is 0. The van der Waals surface area contributed by atoms with E-state index in [1.165, 1.54) is 27.8 Å². The Bertz CT molecular complexity index is 1410. The lowest BCUT2D eigenvalue weighted by Crippen LogP contribution is -2.14. The minimum Gasteiger partial charge on any atom is -0.255 e. The van der Waals surface area contributed by atoms with Gasteiger partial charge in [0.1, 0.15) is 0 Å². The Balaban J connectivity index is 1.54. The van der Waals surface area contributed by atoms with Gasteiger partial charge >= 0.3 is 0 Å². The predicted octanol–water partition coefficient (Wildman–Crippen LogP) is 7.78. The summed E-state index contributed by atoms with van der Waals surface area (Å²) in [5, 5.41) is 0. The van der Waals surface area contributed by atoms with Gasteiger partial charge in [0.2, 0.25) is 0 Å². The Labute approximate surface area is 194 Å². The number of hydrogen-bond acceptors (Lipinski definition) is 2. The summed E-state index contributed by atoms with van der Waals surface area (Å²) in [7, 11) is 0. The molecule has 3 aromatic carbocycles. The highest BCUT2D eigenvalue weighted by atomic mass is 14.8. The second-order valence-corrected chi connectivity index (χ2v) is 9.14. The lowest BCUT2D eigenvalue weighted by atomic mass is 9.81. The molecule has 0 N–H and O–H groups in total. The van der Waals surface area contributed by atoms with Gasteiger partial charge in [-0.15, -0.1) is 0 Å². The second-order valence-electron chi connectivity index (χ2n) is 9.14. The number of fused-ring (bicyclic) bond motifs is 3. The molecule has 0 fully saturated rings. The van der Waals surface area contributed by atoms with Crippen LogP contribution in [0.5, 0.6) is 0 Å². The van der Waals surface area contributed by atoms with Crippen LogP contribution in [-0.4, -0.2) is 9.97 Å². The second kappa shape index (κ2) is 7.53. The molecule has 1 aliphatic carbocycles. The van der Waals surface area contributed by atoms with Gasteiger partial charge in [-0.25, -0.2) is 4.98 Å². The molecular weight excluding hydrogens is 400 g/mol. The van der Waals surface area contributed by atoms with Crippen LogP contribution in [0, 0.1) is 0 Å². The maximum absolute atomic E-state index is 4.97. The molecule has 2 aromatic heterocycles. The summed E-state index contributed by atoms with van der Waals surface area (Å²) < 4.78 is 0. The van der Waals surface area contributed by atoms with Crippen molar-refractivity contribution in [2.75, 3.05) is 0 Å². The van der Waals surface area contributed by atoms with Crippen LogP contribution in [0.3, 0.4) is 0 Å². The highest BCUT2D eigenvalue weighted by Gasteiger charge is 2.35. The fraction of sp³-hybridized carbons (Fsp3) is 0.0968. The van der Waals surface area contributed by atoms with E-state index < -0.39 is 0 Å². The van der Waals surface area contributed by atoms with E-state index in [0.29, 0.717) is 0 Å². The summed E-state index contributed by atoms with van der Waals surface area (Å²) in [5.41, 5.74) is 11.6. The van der Waals surface area contributed by atoms with Crippen LogP contribution in [-0.2, 0) is 5.41 Å². The Hall–Kier alpha value is -4.04. The number of benzene rings is 3. The van der Waals surface area contributed by atoms with Crippen molar-refractivity contribution in [2.45, 2.75) is 19.3 Å². The van der Waals surface area contributed by atoms with Crippen molar-refractivity contribution < 1.29 is 0 Å². The smallest absolute Gasteiger partial charge is 0.0899 e. The van der Waals surface area contributed by atoms with Crippen LogP contribution >= 0.6 is 0 Å². The van der Waals surface area contributed by atoms with Crippen LogP contribution in [0.15, 0.2) is 109 Å². The van der Waals surface area contributed by atoms with Crippen LogP contribution in [0.25, 0.3) is 44.9 Å².